The van der Waals surface area contributed by atoms with Crippen LogP contribution in [0.4, 0.5) is 9.18 Å². The van der Waals surface area contributed by atoms with Crippen LogP contribution in [0.5, 0.6) is 0 Å². The highest BCUT2D eigenvalue weighted by atomic mass is 19.1. The van der Waals surface area contributed by atoms with Crippen LogP contribution < -0.4 is 15.5 Å². The maximum absolute atomic E-state index is 13.2. The van der Waals surface area contributed by atoms with Crippen LogP contribution in [-0.4, -0.2) is 30.1 Å². The maximum atomic E-state index is 13.2. The van der Waals surface area contributed by atoms with Gasteiger partial charge < -0.3 is 10.2 Å². The number of hydrogen-bond donors (Lipinski definition) is 3. The van der Waals surface area contributed by atoms with E-state index in [1.807, 2.05) is 20.8 Å². The lowest BCUT2D eigenvalue weighted by Crippen LogP contribution is -3.15. The molecule has 1 aliphatic rings. The predicted molar refractivity (Wildman–Crippen MR) is 99.2 cm³/mol. The molecule has 1 fully saturated rings. The Morgan fingerprint density at radius 3 is 2.31 bits per heavy atom. The third-order valence-electron chi connectivity index (χ3n) is 4.66. The quantitative estimate of drug-likeness (QED) is 0.750. The molecule has 6 heteroatoms. The van der Waals surface area contributed by atoms with Gasteiger partial charge in [0.05, 0.1) is 6.04 Å². The van der Waals surface area contributed by atoms with E-state index in [1.165, 1.54) is 31.4 Å². The van der Waals surface area contributed by atoms with Crippen molar-refractivity contribution in [3.8, 4) is 0 Å². The Morgan fingerprint density at radius 1 is 1.12 bits per heavy atom. The molecule has 0 aromatic heterocycles. The van der Waals surface area contributed by atoms with Gasteiger partial charge in [-0.15, -0.1) is 0 Å². The number of quaternary nitrogens is 1. The summed E-state index contributed by atoms with van der Waals surface area (Å²) in [4.78, 5) is 25.4. The number of carbonyl (C=O) groups is 2. The third kappa shape index (κ3) is 7.12. The SMILES string of the molecule is CC(C)(C)NC(=O)NC(=O)C[NH+](Cc1ccc(F)cc1)C1CCCCC1. The molecule has 0 bridgehead atoms. The van der Waals surface area contributed by atoms with E-state index in [-0.39, 0.29) is 18.3 Å². The summed E-state index contributed by atoms with van der Waals surface area (Å²) in [7, 11) is 0. The molecule has 26 heavy (non-hydrogen) atoms. The molecule has 144 valence electrons. The van der Waals surface area contributed by atoms with E-state index in [9.17, 15) is 14.0 Å². The molecule has 5 nitrogen and oxygen atoms in total. The van der Waals surface area contributed by atoms with Crippen molar-refractivity contribution in [2.75, 3.05) is 6.54 Å². The lowest BCUT2D eigenvalue weighted by molar-refractivity contribution is -0.932. The largest absolute Gasteiger partial charge is 0.333 e. The predicted octanol–water partition coefficient (Wildman–Crippen LogP) is 2.17. The summed E-state index contributed by atoms with van der Waals surface area (Å²) in [5.74, 6) is -0.543. The second kappa shape index (κ2) is 9.12. The first-order chi connectivity index (χ1) is 12.2. The molecule has 1 saturated carbocycles. The van der Waals surface area contributed by atoms with Gasteiger partial charge in [-0.3, -0.25) is 10.1 Å². The van der Waals surface area contributed by atoms with Gasteiger partial charge in [0.2, 0.25) is 0 Å². The van der Waals surface area contributed by atoms with E-state index in [1.54, 1.807) is 12.1 Å². The fraction of sp³-hybridized carbons (Fsp3) is 0.600. The van der Waals surface area contributed by atoms with Crippen LogP contribution in [0.3, 0.4) is 0 Å². The number of benzene rings is 1. The van der Waals surface area contributed by atoms with E-state index in [0.29, 0.717) is 12.6 Å². The molecule has 2 rings (SSSR count). The lowest BCUT2D eigenvalue weighted by atomic mass is 9.93. The van der Waals surface area contributed by atoms with Gasteiger partial charge in [0, 0.05) is 11.1 Å². The smallest absolute Gasteiger partial charge is 0.322 e. The summed E-state index contributed by atoms with van der Waals surface area (Å²) in [5.41, 5.74) is 0.605. The van der Waals surface area contributed by atoms with E-state index in [0.717, 1.165) is 23.3 Å². The highest BCUT2D eigenvalue weighted by molar-refractivity contribution is 5.94. The third-order valence-corrected chi connectivity index (χ3v) is 4.66. The van der Waals surface area contributed by atoms with Gasteiger partial charge in [0.25, 0.3) is 5.91 Å². The van der Waals surface area contributed by atoms with Crippen LogP contribution >= 0.6 is 0 Å². The standard InChI is InChI=1S/C20H30FN3O2/c1-20(2,3)23-19(26)22-18(25)14-24(17-7-5-4-6-8-17)13-15-9-11-16(21)12-10-15/h9-12,17H,4-8,13-14H2,1-3H3,(H2,22,23,25,26)/p+1. The number of amides is 3. The summed E-state index contributed by atoms with van der Waals surface area (Å²) in [6.07, 6.45) is 5.74. The molecule has 3 amide bonds. The zero-order chi connectivity index (χ0) is 19.2. The minimum atomic E-state index is -0.465. The minimum Gasteiger partial charge on any atom is -0.333 e. The first-order valence-electron chi connectivity index (χ1n) is 9.44. The number of imide groups is 1. The Hall–Kier alpha value is -1.95. The van der Waals surface area contributed by atoms with Gasteiger partial charge in [-0.1, -0.05) is 18.6 Å². The summed E-state index contributed by atoms with van der Waals surface area (Å²) in [6.45, 7) is 6.49. The number of urea groups is 1. The average Bonchev–Trinajstić information content (AvgIpc) is 2.55. The molecule has 0 aliphatic heterocycles. The van der Waals surface area contributed by atoms with Crippen LogP contribution in [0.15, 0.2) is 24.3 Å². The normalized spacial score (nSPS) is 16.8. The van der Waals surface area contributed by atoms with Crippen LogP contribution in [-0.2, 0) is 11.3 Å². The van der Waals surface area contributed by atoms with Crippen LogP contribution in [0, 0.1) is 5.82 Å². The summed E-state index contributed by atoms with van der Waals surface area (Å²) in [5, 5.41) is 5.17. The van der Waals surface area contributed by atoms with Gasteiger partial charge >= 0.3 is 6.03 Å². The van der Waals surface area contributed by atoms with Crippen LogP contribution in [0.25, 0.3) is 0 Å². The van der Waals surface area contributed by atoms with E-state index in [4.69, 9.17) is 0 Å². The Bertz CT molecular complexity index is 604. The van der Waals surface area contributed by atoms with Gasteiger partial charge in [-0.25, -0.2) is 9.18 Å². The van der Waals surface area contributed by atoms with Crippen molar-refractivity contribution >= 4 is 11.9 Å². The number of hydrogen-bond acceptors (Lipinski definition) is 2. The number of nitrogens with one attached hydrogen (secondary N) is 3. The molecule has 0 radical (unpaired) electrons. The van der Waals surface area contributed by atoms with Crippen molar-refractivity contribution in [1.82, 2.24) is 10.6 Å². The van der Waals surface area contributed by atoms with Crippen molar-refractivity contribution in [3.63, 3.8) is 0 Å². The van der Waals surface area contributed by atoms with Crippen LogP contribution in [0.1, 0.15) is 58.4 Å². The highest BCUT2D eigenvalue weighted by Crippen LogP contribution is 2.15. The molecule has 0 spiro atoms. The molecular formula is C20H31FN3O2+. The second-order valence-corrected chi connectivity index (χ2v) is 8.23. The first-order valence-corrected chi connectivity index (χ1v) is 9.44. The second-order valence-electron chi connectivity index (χ2n) is 8.23. The van der Waals surface area contributed by atoms with Gasteiger partial charge in [0.1, 0.15) is 12.4 Å². The molecule has 0 heterocycles. The monoisotopic (exact) mass is 364 g/mol. The van der Waals surface area contributed by atoms with Crippen molar-refractivity contribution in [2.24, 2.45) is 0 Å². The van der Waals surface area contributed by atoms with E-state index < -0.39 is 11.6 Å². The topological polar surface area (TPSA) is 62.6 Å². The van der Waals surface area contributed by atoms with Gasteiger partial charge in [-0.2, -0.15) is 0 Å². The van der Waals surface area contributed by atoms with E-state index >= 15 is 0 Å². The van der Waals surface area contributed by atoms with Crippen molar-refractivity contribution in [1.29, 1.82) is 0 Å². The Morgan fingerprint density at radius 2 is 1.73 bits per heavy atom. The lowest BCUT2D eigenvalue weighted by Gasteiger charge is -2.31. The number of halogens is 1. The molecule has 1 atom stereocenters. The molecule has 0 saturated heterocycles. The Labute approximate surface area is 155 Å². The van der Waals surface area contributed by atoms with Crippen molar-refractivity contribution in [3.05, 3.63) is 35.6 Å². The zero-order valence-corrected chi connectivity index (χ0v) is 16.0. The molecule has 1 aromatic carbocycles. The van der Waals surface area contributed by atoms with Crippen molar-refractivity contribution < 1.29 is 18.9 Å². The first kappa shape index (κ1) is 20.4. The summed E-state index contributed by atoms with van der Waals surface area (Å²) >= 11 is 0. The van der Waals surface area contributed by atoms with Gasteiger partial charge in [-0.05, 0) is 58.6 Å². The number of rotatable bonds is 5. The zero-order valence-electron chi connectivity index (χ0n) is 16.0. The number of carbonyl (C=O) groups excluding carboxylic acids is 2. The fourth-order valence-corrected chi connectivity index (χ4v) is 3.48. The molecule has 1 unspecified atom stereocenters. The fourth-order valence-electron chi connectivity index (χ4n) is 3.48. The Balaban J connectivity index is 1.99. The molecule has 3 N–H and O–H groups in total. The summed E-state index contributed by atoms with van der Waals surface area (Å²) < 4.78 is 13.2. The van der Waals surface area contributed by atoms with Crippen LogP contribution in [0.2, 0.25) is 0 Å². The molecular weight excluding hydrogens is 333 g/mol. The van der Waals surface area contributed by atoms with Crippen molar-refractivity contribution in [2.45, 2.75) is 71.0 Å². The highest BCUT2D eigenvalue weighted by Gasteiger charge is 2.27. The van der Waals surface area contributed by atoms with Gasteiger partial charge in [0.15, 0.2) is 6.54 Å². The average molecular weight is 364 g/mol. The Kier molecular flexibility index (Phi) is 7.14. The van der Waals surface area contributed by atoms with E-state index in [2.05, 4.69) is 10.6 Å². The molecule has 1 aliphatic carbocycles. The molecule has 1 aromatic rings. The summed E-state index contributed by atoms with van der Waals surface area (Å²) in [6, 6.07) is 6.36. The minimum absolute atomic E-state index is 0.236. The maximum Gasteiger partial charge on any atom is 0.322 e.